The van der Waals surface area contributed by atoms with Crippen molar-refractivity contribution in [1.29, 1.82) is 0 Å². The molecule has 0 bridgehead atoms. The second-order valence-electron chi connectivity index (χ2n) is 3.63. The topological polar surface area (TPSA) is 83.1 Å². The minimum Gasteiger partial charge on any atom is -0.344 e. The number of nitrogens with one attached hydrogen (secondary N) is 3. The first-order chi connectivity index (χ1) is 8.15. The zero-order chi connectivity index (χ0) is 12.3. The monoisotopic (exact) mass is 298 g/mol. The third-order valence-electron chi connectivity index (χ3n) is 2.35. The van der Waals surface area contributed by atoms with Crippen molar-refractivity contribution in [2.75, 3.05) is 5.43 Å². The van der Waals surface area contributed by atoms with E-state index in [2.05, 4.69) is 37.1 Å². The number of amides is 2. The fourth-order valence-corrected chi connectivity index (χ4v) is 1.71. The van der Waals surface area contributed by atoms with E-state index < -0.39 is 6.04 Å². The Hall–Kier alpha value is -1.63. The molecule has 1 fully saturated rings. The predicted molar refractivity (Wildman–Crippen MR) is 64.9 cm³/mol. The summed E-state index contributed by atoms with van der Waals surface area (Å²) < 4.78 is 0.859. The van der Waals surface area contributed by atoms with E-state index in [-0.39, 0.29) is 11.8 Å². The van der Waals surface area contributed by atoms with Gasteiger partial charge in [0.2, 0.25) is 5.91 Å². The highest BCUT2D eigenvalue weighted by Gasteiger charge is 2.26. The normalized spacial score (nSPS) is 18.6. The number of hydrazine groups is 1. The number of hydrogen-bond acceptors (Lipinski definition) is 4. The number of rotatable bonds is 3. The molecule has 2 amide bonds. The van der Waals surface area contributed by atoms with Crippen molar-refractivity contribution in [3.63, 3.8) is 0 Å². The van der Waals surface area contributed by atoms with Crippen LogP contribution in [0.3, 0.4) is 0 Å². The molecule has 2 rings (SSSR count). The Morgan fingerprint density at radius 3 is 2.94 bits per heavy atom. The molecule has 1 unspecified atom stereocenters. The van der Waals surface area contributed by atoms with Gasteiger partial charge in [-0.1, -0.05) is 0 Å². The van der Waals surface area contributed by atoms with Gasteiger partial charge in [-0.25, -0.2) is 4.98 Å². The summed E-state index contributed by atoms with van der Waals surface area (Å²) >= 11 is 3.26. The second kappa shape index (κ2) is 5.13. The number of halogens is 1. The standard InChI is InChI=1S/C10H11BrN4O2/c11-6-1-3-8(12-5-6)14-15-10(17)7-2-4-9(16)13-7/h1,3,5,7H,2,4H2,(H,12,14)(H,13,16)(H,15,17). The zero-order valence-electron chi connectivity index (χ0n) is 8.87. The molecule has 7 heteroatoms. The Labute approximate surface area is 106 Å². The highest BCUT2D eigenvalue weighted by molar-refractivity contribution is 9.10. The Kier molecular flexibility index (Phi) is 3.58. The first-order valence-electron chi connectivity index (χ1n) is 5.12. The van der Waals surface area contributed by atoms with Crippen molar-refractivity contribution in [3.8, 4) is 0 Å². The van der Waals surface area contributed by atoms with Crippen LogP contribution in [-0.2, 0) is 9.59 Å². The summed E-state index contributed by atoms with van der Waals surface area (Å²) in [7, 11) is 0. The lowest BCUT2D eigenvalue weighted by atomic mass is 10.2. The van der Waals surface area contributed by atoms with Gasteiger partial charge in [-0.3, -0.25) is 20.4 Å². The number of aromatic nitrogens is 1. The van der Waals surface area contributed by atoms with Gasteiger partial charge in [-0.2, -0.15) is 0 Å². The highest BCUT2D eigenvalue weighted by Crippen LogP contribution is 2.10. The first-order valence-corrected chi connectivity index (χ1v) is 5.91. The van der Waals surface area contributed by atoms with Crippen molar-refractivity contribution in [3.05, 3.63) is 22.8 Å². The molecule has 0 spiro atoms. The second-order valence-corrected chi connectivity index (χ2v) is 4.55. The number of nitrogens with zero attached hydrogens (tertiary/aromatic N) is 1. The molecule has 1 aromatic heterocycles. The maximum atomic E-state index is 11.6. The number of carbonyl (C=O) groups excluding carboxylic acids is 2. The van der Waals surface area contributed by atoms with Crippen LogP contribution in [0.25, 0.3) is 0 Å². The third kappa shape index (κ3) is 3.16. The number of pyridine rings is 1. The first kappa shape index (κ1) is 11.8. The van der Waals surface area contributed by atoms with Gasteiger partial charge in [-0.15, -0.1) is 0 Å². The van der Waals surface area contributed by atoms with Crippen LogP contribution in [0.4, 0.5) is 5.82 Å². The lowest BCUT2D eigenvalue weighted by molar-refractivity contribution is -0.125. The molecule has 0 aliphatic carbocycles. The van der Waals surface area contributed by atoms with E-state index in [0.717, 1.165) is 4.47 Å². The minimum absolute atomic E-state index is 0.0908. The highest BCUT2D eigenvalue weighted by atomic mass is 79.9. The van der Waals surface area contributed by atoms with Crippen molar-refractivity contribution in [2.45, 2.75) is 18.9 Å². The van der Waals surface area contributed by atoms with Gasteiger partial charge in [0.1, 0.15) is 11.9 Å². The van der Waals surface area contributed by atoms with Crippen LogP contribution < -0.4 is 16.2 Å². The van der Waals surface area contributed by atoms with E-state index in [9.17, 15) is 9.59 Å². The SMILES string of the molecule is O=C1CCC(C(=O)NNc2ccc(Br)cn2)N1. The Morgan fingerprint density at radius 2 is 2.35 bits per heavy atom. The molecule has 0 aromatic carbocycles. The van der Waals surface area contributed by atoms with Crippen LogP contribution in [0.5, 0.6) is 0 Å². The van der Waals surface area contributed by atoms with Gasteiger partial charge in [0.05, 0.1) is 0 Å². The minimum atomic E-state index is -0.453. The van der Waals surface area contributed by atoms with Crippen LogP contribution in [0.2, 0.25) is 0 Å². The van der Waals surface area contributed by atoms with E-state index in [1.165, 1.54) is 0 Å². The van der Waals surface area contributed by atoms with Crippen molar-refractivity contribution >= 4 is 33.6 Å². The molecule has 0 saturated carbocycles. The quantitative estimate of drug-likeness (QED) is 0.712. The molecule has 90 valence electrons. The van der Waals surface area contributed by atoms with E-state index in [0.29, 0.717) is 18.7 Å². The Bertz CT molecular complexity index is 434. The average Bonchev–Trinajstić information content (AvgIpc) is 2.75. The van der Waals surface area contributed by atoms with Crippen LogP contribution >= 0.6 is 15.9 Å². The Morgan fingerprint density at radius 1 is 1.53 bits per heavy atom. The lowest BCUT2D eigenvalue weighted by Gasteiger charge is -2.11. The summed E-state index contributed by atoms with van der Waals surface area (Å²) in [4.78, 5) is 26.6. The van der Waals surface area contributed by atoms with Crippen LogP contribution in [0.15, 0.2) is 22.8 Å². The number of carbonyl (C=O) groups is 2. The van der Waals surface area contributed by atoms with Crippen molar-refractivity contribution < 1.29 is 9.59 Å². The van der Waals surface area contributed by atoms with Gasteiger partial charge in [0, 0.05) is 17.1 Å². The molecule has 17 heavy (non-hydrogen) atoms. The molecule has 1 atom stereocenters. The summed E-state index contributed by atoms with van der Waals surface area (Å²) in [6.45, 7) is 0. The molecule has 1 aliphatic rings. The third-order valence-corrected chi connectivity index (χ3v) is 2.82. The molecule has 2 heterocycles. The van der Waals surface area contributed by atoms with Gasteiger partial charge >= 0.3 is 0 Å². The van der Waals surface area contributed by atoms with Gasteiger partial charge in [0.25, 0.3) is 5.91 Å². The average molecular weight is 299 g/mol. The van der Waals surface area contributed by atoms with Crippen LogP contribution in [0.1, 0.15) is 12.8 Å². The van der Waals surface area contributed by atoms with Gasteiger partial charge < -0.3 is 5.32 Å². The maximum Gasteiger partial charge on any atom is 0.260 e. The summed E-state index contributed by atoms with van der Waals surface area (Å²) in [5, 5.41) is 2.58. The lowest BCUT2D eigenvalue weighted by Crippen LogP contribution is -2.44. The molecular weight excluding hydrogens is 288 g/mol. The fourth-order valence-electron chi connectivity index (χ4n) is 1.47. The molecule has 6 nitrogen and oxygen atoms in total. The fraction of sp³-hybridized carbons (Fsp3) is 0.300. The molecule has 1 aliphatic heterocycles. The smallest absolute Gasteiger partial charge is 0.260 e. The van der Waals surface area contributed by atoms with Crippen LogP contribution in [-0.4, -0.2) is 22.8 Å². The molecule has 3 N–H and O–H groups in total. The van der Waals surface area contributed by atoms with Gasteiger partial charge in [0.15, 0.2) is 0 Å². The molecule has 1 aromatic rings. The van der Waals surface area contributed by atoms with Crippen molar-refractivity contribution in [1.82, 2.24) is 15.7 Å². The largest absolute Gasteiger partial charge is 0.344 e. The summed E-state index contributed by atoms with van der Waals surface area (Å²) in [6, 6.07) is 3.07. The van der Waals surface area contributed by atoms with E-state index in [1.54, 1.807) is 18.3 Å². The molecular formula is C10H11BrN4O2. The summed E-state index contributed by atoms with van der Waals surface area (Å²) in [5.41, 5.74) is 5.18. The van der Waals surface area contributed by atoms with E-state index in [1.807, 2.05) is 0 Å². The Balaban J connectivity index is 1.84. The van der Waals surface area contributed by atoms with Crippen LogP contribution in [0, 0.1) is 0 Å². The van der Waals surface area contributed by atoms with E-state index >= 15 is 0 Å². The van der Waals surface area contributed by atoms with Crippen molar-refractivity contribution in [2.24, 2.45) is 0 Å². The zero-order valence-corrected chi connectivity index (χ0v) is 10.5. The number of hydrogen-bond donors (Lipinski definition) is 3. The summed E-state index contributed by atoms with van der Waals surface area (Å²) in [6.07, 6.45) is 2.54. The summed E-state index contributed by atoms with van der Waals surface area (Å²) in [5.74, 6) is 0.179. The number of anilines is 1. The molecule has 1 saturated heterocycles. The van der Waals surface area contributed by atoms with E-state index in [4.69, 9.17) is 0 Å². The molecule has 0 radical (unpaired) electrons. The predicted octanol–water partition coefficient (Wildman–Crippen LogP) is 0.566. The van der Waals surface area contributed by atoms with Gasteiger partial charge in [-0.05, 0) is 34.5 Å². The maximum absolute atomic E-state index is 11.6.